The zero-order valence-electron chi connectivity index (χ0n) is 10.1. The van der Waals surface area contributed by atoms with Gasteiger partial charge in [0.2, 0.25) is 0 Å². The Labute approximate surface area is 102 Å². The van der Waals surface area contributed by atoms with E-state index >= 15 is 0 Å². The molecule has 2 atom stereocenters. The van der Waals surface area contributed by atoms with Gasteiger partial charge in [-0.25, -0.2) is 0 Å². The average molecular weight is 236 g/mol. The van der Waals surface area contributed by atoms with E-state index in [4.69, 9.17) is 0 Å². The molecule has 16 heavy (non-hydrogen) atoms. The van der Waals surface area contributed by atoms with Crippen molar-refractivity contribution in [1.29, 1.82) is 0 Å². The van der Waals surface area contributed by atoms with Gasteiger partial charge in [0.1, 0.15) is 0 Å². The summed E-state index contributed by atoms with van der Waals surface area (Å²) in [5.74, 6) is 1.22. The van der Waals surface area contributed by atoms with Gasteiger partial charge in [0.25, 0.3) is 0 Å². The smallest absolute Gasteiger partial charge is 0.0699 e. The van der Waals surface area contributed by atoms with Crippen LogP contribution in [0.2, 0.25) is 0 Å². The third kappa shape index (κ3) is 2.80. The summed E-state index contributed by atoms with van der Waals surface area (Å²) in [6.45, 7) is 4.26. The zero-order valence-corrected chi connectivity index (χ0v) is 10.9. The van der Waals surface area contributed by atoms with Crippen molar-refractivity contribution in [2.24, 2.45) is 0 Å². The van der Waals surface area contributed by atoms with Gasteiger partial charge >= 0.3 is 0 Å². The molecule has 1 aliphatic heterocycles. The fraction of sp³-hybridized carbons (Fsp3) is 0.571. The van der Waals surface area contributed by atoms with Gasteiger partial charge < -0.3 is 5.11 Å². The second kappa shape index (κ2) is 5.24. The lowest BCUT2D eigenvalue weighted by atomic mass is 9.99. The van der Waals surface area contributed by atoms with Gasteiger partial charge in [-0.15, -0.1) is 0 Å². The molecule has 1 nitrogen and oxygen atoms in total. The quantitative estimate of drug-likeness (QED) is 0.870. The zero-order chi connectivity index (χ0) is 11.5. The molecule has 1 aromatic carbocycles. The molecule has 1 heterocycles. The Hall–Kier alpha value is -0.470. The molecule has 0 saturated carbocycles. The van der Waals surface area contributed by atoms with E-state index < -0.39 is 0 Å². The largest absolute Gasteiger partial charge is 0.392 e. The topological polar surface area (TPSA) is 20.2 Å². The Morgan fingerprint density at radius 2 is 2.19 bits per heavy atom. The fourth-order valence-corrected chi connectivity index (χ4v) is 3.50. The van der Waals surface area contributed by atoms with Crippen molar-refractivity contribution in [2.45, 2.75) is 44.5 Å². The highest BCUT2D eigenvalue weighted by molar-refractivity contribution is 8.00. The predicted molar refractivity (Wildman–Crippen MR) is 71.1 cm³/mol. The number of rotatable bonds is 3. The minimum absolute atomic E-state index is 0.172. The van der Waals surface area contributed by atoms with E-state index in [2.05, 4.69) is 32.0 Å². The van der Waals surface area contributed by atoms with Gasteiger partial charge in [0.05, 0.1) is 6.10 Å². The standard InChI is InChI=1S/C14H20OS/c1-10-5-6-12(8-11(10)2)9-13(15)14-4-3-7-16-14/h5-6,8,13-15H,3-4,7,9H2,1-2H3. The molecule has 2 unspecified atom stereocenters. The number of hydrogen-bond acceptors (Lipinski definition) is 2. The maximum atomic E-state index is 10.1. The Morgan fingerprint density at radius 3 is 2.81 bits per heavy atom. The first-order valence-corrected chi connectivity index (χ1v) is 7.07. The Kier molecular flexibility index (Phi) is 3.93. The fourth-order valence-electron chi connectivity index (χ4n) is 2.21. The number of aryl methyl sites for hydroxylation is 2. The normalized spacial score (nSPS) is 22.3. The lowest BCUT2D eigenvalue weighted by Gasteiger charge is -2.17. The van der Waals surface area contributed by atoms with Gasteiger partial charge in [-0.3, -0.25) is 0 Å². The maximum Gasteiger partial charge on any atom is 0.0699 e. The summed E-state index contributed by atoms with van der Waals surface area (Å²) in [6, 6.07) is 6.50. The lowest BCUT2D eigenvalue weighted by molar-refractivity contribution is 0.170. The monoisotopic (exact) mass is 236 g/mol. The summed E-state index contributed by atoms with van der Waals surface area (Å²) in [6.07, 6.45) is 3.07. The second-order valence-corrected chi connectivity index (χ2v) is 6.09. The van der Waals surface area contributed by atoms with Crippen molar-refractivity contribution in [3.8, 4) is 0 Å². The first-order valence-electron chi connectivity index (χ1n) is 6.02. The summed E-state index contributed by atoms with van der Waals surface area (Å²) in [4.78, 5) is 0. The lowest BCUT2D eigenvalue weighted by Crippen LogP contribution is -2.23. The molecule has 88 valence electrons. The highest BCUT2D eigenvalue weighted by Gasteiger charge is 2.23. The molecule has 0 bridgehead atoms. The van der Waals surface area contributed by atoms with E-state index in [0.717, 1.165) is 6.42 Å². The number of thioether (sulfide) groups is 1. The summed E-state index contributed by atoms with van der Waals surface area (Å²) >= 11 is 1.93. The van der Waals surface area contributed by atoms with Crippen LogP contribution in [-0.4, -0.2) is 22.2 Å². The van der Waals surface area contributed by atoms with Crippen molar-refractivity contribution in [2.75, 3.05) is 5.75 Å². The van der Waals surface area contributed by atoms with Gasteiger partial charge in [-0.05, 0) is 55.6 Å². The van der Waals surface area contributed by atoms with E-state index in [1.165, 1.54) is 35.3 Å². The number of hydrogen-bond donors (Lipinski definition) is 1. The van der Waals surface area contributed by atoms with E-state index in [9.17, 15) is 5.11 Å². The summed E-state index contributed by atoms with van der Waals surface area (Å²) in [7, 11) is 0. The summed E-state index contributed by atoms with van der Waals surface area (Å²) in [5, 5.41) is 10.6. The predicted octanol–water partition coefficient (Wildman–Crippen LogP) is 3.10. The molecule has 1 N–H and O–H groups in total. The van der Waals surface area contributed by atoms with Crippen LogP contribution < -0.4 is 0 Å². The second-order valence-electron chi connectivity index (χ2n) is 4.74. The maximum absolute atomic E-state index is 10.1. The molecule has 1 aliphatic rings. The van der Waals surface area contributed by atoms with E-state index in [0.29, 0.717) is 5.25 Å². The van der Waals surface area contributed by atoms with E-state index in [-0.39, 0.29) is 6.10 Å². The van der Waals surface area contributed by atoms with Crippen LogP contribution in [0.25, 0.3) is 0 Å². The van der Waals surface area contributed by atoms with E-state index in [1.807, 2.05) is 11.8 Å². The molecule has 0 spiro atoms. The molecular formula is C14H20OS. The van der Waals surface area contributed by atoms with Crippen LogP contribution in [0.4, 0.5) is 0 Å². The molecule has 2 heteroatoms. The van der Waals surface area contributed by atoms with Gasteiger partial charge in [-0.2, -0.15) is 11.8 Å². The molecular weight excluding hydrogens is 216 g/mol. The third-order valence-electron chi connectivity index (χ3n) is 3.41. The minimum atomic E-state index is -0.172. The Morgan fingerprint density at radius 1 is 1.38 bits per heavy atom. The highest BCUT2D eigenvalue weighted by Crippen LogP contribution is 2.30. The van der Waals surface area contributed by atoms with Crippen molar-refractivity contribution in [3.05, 3.63) is 34.9 Å². The van der Waals surface area contributed by atoms with E-state index in [1.54, 1.807) is 0 Å². The number of aliphatic hydroxyl groups excluding tert-OH is 1. The first-order chi connectivity index (χ1) is 7.66. The first kappa shape index (κ1) is 12.0. The molecule has 1 saturated heterocycles. The van der Waals surface area contributed by atoms with Crippen LogP contribution in [0.5, 0.6) is 0 Å². The van der Waals surface area contributed by atoms with Crippen molar-refractivity contribution in [3.63, 3.8) is 0 Å². The number of aliphatic hydroxyl groups is 1. The van der Waals surface area contributed by atoms with Crippen molar-refractivity contribution >= 4 is 11.8 Å². The molecule has 0 aliphatic carbocycles. The SMILES string of the molecule is Cc1ccc(CC(O)C2CCCS2)cc1C. The van der Waals surface area contributed by atoms with Crippen molar-refractivity contribution in [1.82, 2.24) is 0 Å². The Bertz CT molecular complexity index is 356. The van der Waals surface area contributed by atoms with Crippen LogP contribution in [-0.2, 0) is 6.42 Å². The van der Waals surface area contributed by atoms with Crippen LogP contribution in [0, 0.1) is 13.8 Å². The molecule has 1 fully saturated rings. The van der Waals surface area contributed by atoms with Gasteiger partial charge in [-0.1, -0.05) is 18.2 Å². The highest BCUT2D eigenvalue weighted by atomic mass is 32.2. The van der Waals surface area contributed by atoms with Crippen LogP contribution in [0.3, 0.4) is 0 Å². The van der Waals surface area contributed by atoms with Crippen molar-refractivity contribution < 1.29 is 5.11 Å². The van der Waals surface area contributed by atoms with Crippen LogP contribution >= 0.6 is 11.8 Å². The molecule has 0 radical (unpaired) electrons. The third-order valence-corrected chi connectivity index (χ3v) is 4.91. The van der Waals surface area contributed by atoms with Crippen LogP contribution in [0.15, 0.2) is 18.2 Å². The summed E-state index contributed by atoms with van der Waals surface area (Å²) in [5.41, 5.74) is 3.92. The average Bonchev–Trinajstić information content (AvgIpc) is 2.77. The van der Waals surface area contributed by atoms with Gasteiger partial charge in [0, 0.05) is 5.25 Å². The number of benzene rings is 1. The molecule has 0 aromatic heterocycles. The molecule has 1 aromatic rings. The van der Waals surface area contributed by atoms with Crippen LogP contribution in [0.1, 0.15) is 29.5 Å². The summed E-state index contributed by atoms with van der Waals surface area (Å²) < 4.78 is 0. The Balaban J connectivity index is 1.99. The molecule has 2 rings (SSSR count). The molecule has 0 amide bonds. The minimum Gasteiger partial charge on any atom is -0.392 e. The van der Waals surface area contributed by atoms with Gasteiger partial charge in [0.15, 0.2) is 0 Å².